The maximum absolute atomic E-state index is 11.9. The Morgan fingerprint density at radius 2 is 2.26 bits per heavy atom. The molecule has 0 fully saturated rings. The van der Waals surface area contributed by atoms with E-state index in [4.69, 9.17) is 12.3 Å². The van der Waals surface area contributed by atoms with Crippen LogP contribution < -0.4 is 17.0 Å². The first-order chi connectivity index (χ1) is 9.17. The summed E-state index contributed by atoms with van der Waals surface area (Å²) in [6.07, 6.45) is 6.63. The zero-order valence-electron chi connectivity index (χ0n) is 9.84. The van der Waals surface area contributed by atoms with Crippen LogP contribution in [0, 0.1) is 12.3 Å². The van der Waals surface area contributed by atoms with Crippen LogP contribution in [0.15, 0.2) is 15.9 Å². The van der Waals surface area contributed by atoms with E-state index >= 15 is 0 Å². The molecule has 8 nitrogen and oxygen atoms in total. The number of nitrogens with two attached hydrogens (primary N) is 1. The van der Waals surface area contributed by atoms with Gasteiger partial charge >= 0.3 is 0 Å². The van der Waals surface area contributed by atoms with Gasteiger partial charge < -0.3 is 14.8 Å². The number of rotatable bonds is 4. The number of hydrogen-bond donors (Lipinski definition) is 3. The molecule has 0 aliphatic carbocycles. The van der Waals surface area contributed by atoms with Crippen LogP contribution in [-0.4, -0.2) is 26.5 Å². The van der Waals surface area contributed by atoms with Gasteiger partial charge in [-0.25, -0.2) is 15.9 Å². The van der Waals surface area contributed by atoms with Crippen molar-refractivity contribution in [2.75, 3.05) is 6.61 Å². The van der Waals surface area contributed by atoms with Gasteiger partial charge in [-0.1, -0.05) is 0 Å². The standard InChI is InChI=1S/C11H11N5O3/c1-2-3-6(4-19-12)7-11(18)16-9-8(15-7)10(17)14-5-13-9/h1,5-6H,3-4,12H2,(H2,13,14,16,17,18). The van der Waals surface area contributed by atoms with Crippen LogP contribution in [0.1, 0.15) is 18.0 Å². The number of H-pyrrole nitrogens is 2. The fourth-order valence-electron chi connectivity index (χ4n) is 1.70. The lowest BCUT2D eigenvalue weighted by molar-refractivity contribution is 0.122. The van der Waals surface area contributed by atoms with E-state index in [-0.39, 0.29) is 29.9 Å². The Balaban J connectivity index is 2.63. The molecule has 0 amide bonds. The average molecular weight is 261 g/mol. The summed E-state index contributed by atoms with van der Waals surface area (Å²) in [4.78, 5) is 40.7. The predicted octanol–water partition coefficient (Wildman–Crippen LogP) is -0.996. The first kappa shape index (κ1) is 12.9. The molecule has 98 valence electrons. The monoisotopic (exact) mass is 261 g/mol. The van der Waals surface area contributed by atoms with E-state index in [2.05, 4.69) is 30.7 Å². The summed E-state index contributed by atoms with van der Waals surface area (Å²) < 4.78 is 0. The van der Waals surface area contributed by atoms with Gasteiger partial charge in [-0.05, 0) is 0 Å². The molecular weight excluding hydrogens is 250 g/mol. The van der Waals surface area contributed by atoms with E-state index in [1.165, 1.54) is 6.33 Å². The van der Waals surface area contributed by atoms with Gasteiger partial charge in [0.2, 0.25) is 0 Å². The van der Waals surface area contributed by atoms with Gasteiger partial charge in [-0.2, -0.15) is 0 Å². The Labute approximate surface area is 107 Å². The van der Waals surface area contributed by atoms with Crippen molar-refractivity contribution in [3.8, 4) is 12.3 Å². The molecule has 2 heterocycles. The highest BCUT2D eigenvalue weighted by molar-refractivity contribution is 5.67. The summed E-state index contributed by atoms with van der Waals surface area (Å²) in [5.74, 6) is 6.93. The van der Waals surface area contributed by atoms with Crippen LogP contribution in [0.5, 0.6) is 0 Å². The van der Waals surface area contributed by atoms with Crippen LogP contribution in [-0.2, 0) is 4.84 Å². The van der Waals surface area contributed by atoms with Crippen molar-refractivity contribution >= 4 is 11.2 Å². The molecule has 4 N–H and O–H groups in total. The van der Waals surface area contributed by atoms with Gasteiger partial charge in [0, 0.05) is 12.3 Å². The highest BCUT2D eigenvalue weighted by Crippen LogP contribution is 2.14. The molecule has 2 rings (SSSR count). The van der Waals surface area contributed by atoms with Gasteiger partial charge in [-0.15, -0.1) is 12.3 Å². The van der Waals surface area contributed by atoms with Crippen LogP contribution in [0.4, 0.5) is 0 Å². The minimum absolute atomic E-state index is 0.0317. The first-order valence-corrected chi connectivity index (χ1v) is 5.40. The number of aromatic amines is 2. The highest BCUT2D eigenvalue weighted by Gasteiger charge is 2.18. The molecule has 1 unspecified atom stereocenters. The maximum atomic E-state index is 11.9. The number of terminal acetylenes is 1. The van der Waals surface area contributed by atoms with Crippen molar-refractivity contribution in [1.29, 1.82) is 0 Å². The zero-order valence-corrected chi connectivity index (χ0v) is 9.84. The second-order valence-electron chi connectivity index (χ2n) is 3.82. The van der Waals surface area contributed by atoms with E-state index in [9.17, 15) is 9.59 Å². The predicted molar refractivity (Wildman–Crippen MR) is 67.1 cm³/mol. The second-order valence-corrected chi connectivity index (χ2v) is 3.82. The van der Waals surface area contributed by atoms with Crippen LogP contribution >= 0.6 is 0 Å². The van der Waals surface area contributed by atoms with E-state index in [0.29, 0.717) is 0 Å². The largest absolute Gasteiger partial charge is 0.311 e. The van der Waals surface area contributed by atoms with Crippen molar-refractivity contribution in [3.63, 3.8) is 0 Å². The lowest BCUT2D eigenvalue weighted by Crippen LogP contribution is -2.25. The SMILES string of the molecule is C#CCC(CON)c1nc2c(=O)[nH]cnc2[nH]c1=O. The smallest absolute Gasteiger partial charge is 0.278 e. The molecular formula is C11H11N5O3. The molecule has 2 aromatic heterocycles. The van der Waals surface area contributed by atoms with E-state index in [0.717, 1.165) is 0 Å². The zero-order chi connectivity index (χ0) is 13.8. The number of fused-ring (bicyclic) bond motifs is 1. The third kappa shape index (κ3) is 2.52. The molecule has 0 saturated heterocycles. The third-order valence-corrected chi connectivity index (χ3v) is 2.57. The van der Waals surface area contributed by atoms with Crippen molar-refractivity contribution < 1.29 is 4.84 Å². The minimum atomic E-state index is -0.484. The van der Waals surface area contributed by atoms with Crippen molar-refractivity contribution in [3.05, 3.63) is 32.7 Å². The lowest BCUT2D eigenvalue weighted by Gasteiger charge is -2.11. The van der Waals surface area contributed by atoms with Gasteiger partial charge in [0.1, 0.15) is 5.69 Å². The molecule has 0 radical (unpaired) electrons. The Hall–Kier alpha value is -2.50. The van der Waals surface area contributed by atoms with Crippen molar-refractivity contribution in [1.82, 2.24) is 19.9 Å². The fourth-order valence-corrected chi connectivity index (χ4v) is 1.70. The molecule has 19 heavy (non-hydrogen) atoms. The molecule has 0 saturated carbocycles. The molecule has 0 aliphatic rings. The number of aromatic nitrogens is 4. The number of hydrogen-bond acceptors (Lipinski definition) is 6. The summed E-state index contributed by atoms with van der Waals surface area (Å²) in [7, 11) is 0. The quantitative estimate of drug-likeness (QED) is 0.478. The number of nitrogens with one attached hydrogen (secondary N) is 2. The maximum Gasteiger partial charge on any atom is 0.278 e. The van der Waals surface area contributed by atoms with Crippen molar-refractivity contribution in [2.24, 2.45) is 5.90 Å². The van der Waals surface area contributed by atoms with Gasteiger partial charge in [-0.3, -0.25) is 9.59 Å². The summed E-state index contributed by atoms with van der Waals surface area (Å²) in [6.45, 7) is 0.0317. The van der Waals surface area contributed by atoms with Crippen LogP contribution in [0.3, 0.4) is 0 Å². The summed E-state index contributed by atoms with van der Waals surface area (Å²) in [6, 6.07) is 0. The lowest BCUT2D eigenvalue weighted by atomic mass is 10.0. The van der Waals surface area contributed by atoms with Crippen LogP contribution in [0.25, 0.3) is 11.2 Å². The molecule has 8 heteroatoms. The van der Waals surface area contributed by atoms with E-state index in [1.54, 1.807) is 0 Å². The summed E-state index contributed by atoms with van der Waals surface area (Å²) in [5, 5.41) is 0. The normalized spacial score (nSPS) is 12.2. The second kappa shape index (κ2) is 5.43. The summed E-state index contributed by atoms with van der Waals surface area (Å²) >= 11 is 0. The molecule has 1 atom stereocenters. The highest BCUT2D eigenvalue weighted by atomic mass is 16.6. The summed E-state index contributed by atoms with van der Waals surface area (Å²) in [5.41, 5.74) is -0.658. The average Bonchev–Trinajstić information content (AvgIpc) is 2.38. The van der Waals surface area contributed by atoms with Crippen LogP contribution in [0.2, 0.25) is 0 Å². The van der Waals surface area contributed by atoms with Gasteiger partial charge in [0.15, 0.2) is 11.2 Å². The fraction of sp³-hybridized carbons (Fsp3) is 0.273. The van der Waals surface area contributed by atoms with Gasteiger partial charge in [0.25, 0.3) is 11.1 Å². The third-order valence-electron chi connectivity index (χ3n) is 2.57. The minimum Gasteiger partial charge on any atom is -0.311 e. The Kier molecular flexibility index (Phi) is 3.70. The van der Waals surface area contributed by atoms with E-state index < -0.39 is 17.0 Å². The Morgan fingerprint density at radius 1 is 1.47 bits per heavy atom. The van der Waals surface area contributed by atoms with Gasteiger partial charge in [0.05, 0.1) is 12.9 Å². The van der Waals surface area contributed by atoms with E-state index in [1.807, 2.05) is 0 Å². The molecule has 0 aliphatic heterocycles. The van der Waals surface area contributed by atoms with Crippen molar-refractivity contribution in [2.45, 2.75) is 12.3 Å². The Bertz CT molecular complexity index is 742. The molecule has 0 spiro atoms. The molecule has 0 bridgehead atoms. The molecule has 2 aromatic rings. The first-order valence-electron chi connectivity index (χ1n) is 5.40. The Morgan fingerprint density at radius 3 is 2.95 bits per heavy atom. The number of nitrogens with zero attached hydrogens (tertiary/aromatic N) is 2. The molecule has 0 aromatic carbocycles. The topological polar surface area (TPSA) is 127 Å².